The van der Waals surface area contributed by atoms with E-state index in [0.29, 0.717) is 11.6 Å². The second-order valence-corrected chi connectivity index (χ2v) is 5.14. The van der Waals surface area contributed by atoms with Gasteiger partial charge in [-0.3, -0.25) is 5.10 Å². The summed E-state index contributed by atoms with van der Waals surface area (Å²) in [4.78, 5) is 0.722. The van der Waals surface area contributed by atoms with Gasteiger partial charge in [-0.25, -0.2) is 0 Å². The lowest BCUT2D eigenvalue weighted by molar-refractivity contribution is 0.971. The van der Waals surface area contributed by atoms with Crippen LogP contribution in [0.4, 0.5) is 5.82 Å². The number of nitrogens with zero attached hydrogens (tertiary/aromatic N) is 5. The second-order valence-electron chi connectivity index (χ2n) is 4.19. The molecular weight excluding hydrogens is 274 g/mol. The van der Waals surface area contributed by atoms with Gasteiger partial charge in [-0.05, 0) is 0 Å². The number of fused-ring (bicyclic) bond motifs is 1. The first-order valence-corrected chi connectivity index (χ1v) is 6.71. The van der Waals surface area contributed by atoms with Crippen LogP contribution in [0.3, 0.4) is 0 Å². The van der Waals surface area contributed by atoms with Crippen molar-refractivity contribution in [2.24, 2.45) is 0 Å². The smallest absolute Gasteiger partial charge is 0.235 e. The van der Waals surface area contributed by atoms with E-state index in [9.17, 15) is 0 Å². The molecule has 7 nitrogen and oxygen atoms in total. The highest BCUT2D eigenvalue weighted by Gasteiger charge is 2.16. The fraction of sp³-hybridized carbons (Fsp3) is 0. The van der Waals surface area contributed by atoms with Crippen LogP contribution in [0, 0.1) is 0 Å². The summed E-state index contributed by atoms with van der Waals surface area (Å²) in [6, 6.07) is 9.82. The number of aromatic nitrogens is 6. The Morgan fingerprint density at radius 3 is 2.75 bits per heavy atom. The van der Waals surface area contributed by atoms with Gasteiger partial charge >= 0.3 is 0 Å². The number of aromatic amines is 1. The number of benzene rings is 1. The topological polar surface area (TPSA) is 97.8 Å². The molecule has 0 saturated carbocycles. The first kappa shape index (κ1) is 11.1. The predicted octanol–water partition coefficient (Wildman–Crippen LogP) is 1.83. The van der Waals surface area contributed by atoms with Gasteiger partial charge in [0.25, 0.3) is 0 Å². The molecule has 0 spiro atoms. The molecule has 0 saturated heterocycles. The van der Waals surface area contributed by atoms with Crippen LogP contribution in [-0.2, 0) is 0 Å². The summed E-state index contributed by atoms with van der Waals surface area (Å²) < 4.78 is 1.72. The highest BCUT2D eigenvalue weighted by Crippen LogP contribution is 2.30. The predicted molar refractivity (Wildman–Crippen MR) is 76.1 cm³/mol. The minimum absolute atomic E-state index is 0.497. The molecule has 1 aromatic carbocycles. The minimum Gasteiger partial charge on any atom is -0.383 e. The summed E-state index contributed by atoms with van der Waals surface area (Å²) >= 11 is 1.42. The Kier molecular flexibility index (Phi) is 2.30. The lowest BCUT2D eigenvalue weighted by Gasteiger charge is -1.95. The molecule has 0 bridgehead atoms. The Morgan fingerprint density at radius 1 is 1.15 bits per heavy atom. The average molecular weight is 283 g/mol. The van der Waals surface area contributed by atoms with Crippen molar-refractivity contribution in [3.63, 3.8) is 0 Å². The third-order valence-electron chi connectivity index (χ3n) is 2.92. The molecule has 0 aliphatic rings. The normalized spacial score (nSPS) is 11.2. The van der Waals surface area contributed by atoms with Crippen molar-refractivity contribution in [3.8, 4) is 22.0 Å². The second kappa shape index (κ2) is 4.14. The van der Waals surface area contributed by atoms with Crippen molar-refractivity contribution >= 4 is 22.1 Å². The molecule has 4 aromatic rings. The number of hydrogen-bond acceptors (Lipinski definition) is 6. The van der Waals surface area contributed by atoms with E-state index >= 15 is 0 Å². The molecule has 3 N–H and O–H groups in total. The summed E-state index contributed by atoms with van der Waals surface area (Å²) in [5, 5.41) is 20.2. The van der Waals surface area contributed by atoms with Gasteiger partial charge in [0.05, 0.1) is 11.8 Å². The molecule has 3 heterocycles. The van der Waals surface area contributed by atoms with Crippen molar-refractivity contribution in [2.75, 3.05) is 5.73 Å². The Balaban J connectivity index is 1.90. The maximum absolute atomic E-state index is 5.82. The van der Waals surface area contributed by atoms with Crippen molar-refractivity contribution in [2.45, 2.75) is 0 Å². The van der Waals surface area contributed by atoms with Gasteiger partial charge in [-0.1, -0.05) is 41.7 Å². The highest BCUT2D eigenvalue weighted by molar-refractivity contribution is 7.19. The largest absolute Gasteiger partial charge is 0.383 e. The Labute approximate surface area is 117 Å². The maximum atomic E-state index is 5.82. The Hall–Kier alpha value is -2.74. The molecule has 3 aromatic heterocycles. The van der Waals surface area contributed by atoms with Crippen LogP contribution < -0.4 is 5.73 Å². The van der Waals surface area contributed by atoms with Crippen molar-refractivity contribution in [1.82, 2.24) is 30.0 Å². The number of hydrogen-bond donors (Lipinski definition) is 2. The van der Waals surface area contributed by atoms with Crippen LogP contribution in [0.1, 0.15) is 0 Å². The third-order valence-corrected chi connectivity index (χ3v) is 3.85. The number of nitrogens with one attached hydrogen (secondary N) is 1. The Morgan fingerprint density at radius 2 is 2.00 bits per heavy atom. The van der Waals surface area contributed by atoms with Gasteiger partial charge in [0, 0.05) is 5.56 Å². The van der Waals surface area contributed by atoms with Gasteiger partial charge in [-0.15, -0.1) is 10.2 Å². The fourth-order valence-electron chi connectivity index (χ4n) is 1.96. The van der Waals surface area contributed by atoms with E-state index in [0.717, 1.165) is 21.1 Å². The van der Waals surface area contributed by atoms with Crippen LogP contribution in [0.15, 0.2) is 36.5 Å². The maximum Gasteiger partial charge on any atom is 0.235 e. The number of H-pyrrole nitrogens is 1. The molecule has 98 valence electrons. The molecule has 8 heteroatoms. The molecule has 0 aliphatic heterocycles. The van der Waals surface area contributed by atoms with Gasteiger partial charge < -0.3 is 5.73 Å². The first-order valence-electron chi connectivity index (χ1n) is 5.90. The number of rotatable bonds is 2. The lowest BCUT2D eigenvalue weighted by atomic mass is 10.2. The summed E-state index contributed by atoms with van der Waals surface area (Å²) in [6.07, 6.45) is 1.66. The van der Waals surface area contributed by atoms with Crippen LogP contribution in [0.25, 0.3) is 26.9 Å². The van der Waals surface area contributed by atoms with Crippen LogP contribution in [-0.4, -0.2) is 30.0 Å². The quantitative estimate of drug-likeness (QED) is 0.585. The number of nitrogen functional groups attached to an aromatic ring is 1. The highest BCUT2D eigenvalue weighted by atomic mass is 32.1. The molecular formula is C12H9N7S. The Bertz CT molecular complexity index is 874. The minimum atomic E-state index is 0.497. The molecule has 0 amide bonds. The van der Waals surface area contributed by atoms with Gasteiger partial charge in [0.15, 0.2) is 10.8 Å². The summed E-state index contributed by atoms with van der Waals surface area (Å²) in [6.45, 7) is 0. The number of anilines is 1. The molecule has 4 rings (SSSR count). The van der Waals surface area contributed by atoms with Crippen LogP contribution >= 0.6 is 11.3 Å². The van der Waals surface area contributed by atoms with E-state index in [4.69, 9.17) is 5.73 Å². The molecule has 0 fully saturated rings. The lowest BCUT2D eigenvalue weighted by Crippen LogP contribution is -1.92. The van der Waals surface area contributed by atoms with Gasteiger partial charge in [0.1, 0.15) is 5.82 Å². The zero-order valence-electron chi connectivity index (χ0n) is 10.2. The van der Waals surface area contributed by atoms with E-state index in [1.807, 2.05) is 30.3 Å². The summed E-state index contributed by atoms with van der Waals surface area (Å²) in [5.41, 5.74) is 7.56. The first-order chi connectivity index (χ1) is 9.83. The monoisotopic (exact) mass is 283 g/mol. The van der Waals surface area contributed by atoms with E-state index in [-0.39, 0.29) is 0 Å². The number of nitrogens with two attached hydrogens (primary N) is 1. The molecule has 0 aliphatic carbocycles. The van der Waals surface area contributed by atoms with E-state index in [1.165, 1.54) is 11.3 Å². The summed E-state index contributed by atoms with van der Waals surface area (Å²) in [5.74, 6) is 1.21. The van der Waals surface area contributed by atoms with Crippen molar-refractivity contribution in [3.05, 3.63) is 36.5 Å². The third kappa shape index (κ3) is 1.58. The van der Waals surface area contributed by atoms with Crippen LogP contribution in [0.5, 0.6) is 0 Å². The molecule has 0 radical (unpaired) electrons. The SMILES string of the molecule is Nc1[nH]ncc1-c1nn2c(-c3ccccc3)nnc2s1. The van der Waals surface area contributed by atoms with E-state index in [1.54, 1.807) is 10.7 Å². The van der Waals surface area contributed by atoms with E-state index < -0.39 is 0 Å². The average Bonchev–Trinajstić information content (AvgIpc) is 3.13. The summed E-state index contributed by atoms with van der Waals surface area (Å²) in [7, 11) is 0. The molecule has 0 unspecified atom stereocenters. The van der Waals surface area contributed by atoms with Crippen molar-refractivity contribution < 1.29 is 0 Å². The van der Waals surface area contributed by atoms with E-state index in [2.05, 4.69) is 25.5 Å². The fourth-order valence-corrected chi connectivity index (χ4v) is 2.82. The zero-order valence-corrected chi connectivity index (χ0v) is 11.0. The molecule has 0 atom stereocenters. The van der Waals surface area contributed by atoms with Crippen LogP contribution in [0.2, 0.25) is 0 Å². The molecule has 20 heavy (non-hydrogen) atoms. The van der Waals surface area contributed by atoms with Crippen molar-refractivity contribution in [1.29, 1.82) is 0 Å². The zero-order chi connectivity index (χ0) is 13.5. The van der Waals surface area contributed by atoms with Gasteiger partial charge in [-0.2, -0.15) is 14.7 Å². The standard InChI is InChI=1S/C12H9N7S/c13-9-8(6-14-15-9)11-18-19-10(16-17-12(19)20-11)7-4-2-1-3-5-7/h1-6H,(H3,13,14,15). The van der Waals surface area contributed by atoms with Gasteiger partial charge in [0.2, 0.25) is 4.96 Å².